The summed E-state index contributed by atoms with van der Waals surface area (Å²) in [5, 5.41) is 24.6. The molecule has 1 atom stereocenters. The molecular weight excluding hydrogens is 406 g/mol. The summed E-state index contributed by atoms with van der Waals surface area (Å²) in [6, 6.07) is 11.7. The highest BCUT2D eigenvalue weighted by atomic mass is 35.5. The van der Waals surface area contributed by atoms with E-state index in [2.05, 4.69) is 5.32 Å². The first kappa shape index (κ1) is 20.7. The summed E-state index contributed by atoms with van der Waals surface area (Å²) >= 11 is 7.61. The highest BCUT2D eigenvalue weighted by Gasteiger charge is 2.26. The summed E-state index contributed by atoms with van der Waals surface area (Å²) in [7, 11) is 1.96. The summed E-state index contributed by atoms with van der Waals surface area (Å²) in [4.78, 5) is 6.77. The van der Waals surface area contributed by atoms with E-state index in [1.54, 1.807) is 11.8 Å². The molecule has 1 aromatic carbocycles. The Morgan fingerprint density at radius 3 is 2.66 bits per heavy atom. The lowest BCUT2D eigenvalue weighted by molar-refractivity contribution is 0.0913. The van der Waals surface area contributed by atoms with Crippen LogP contribution < -0.4 is 5.32 Å². The molecule has 0 spiro atoms. The quantitative estimate of drug-likeness (QED) is 0.502. The first-order valence-electron chi connectivity index (χ1n) is 9.99. The molecule has 0 amide bonds. The Morgan fingerprint density at radius 2 is 1.93 bits per heavy atom. The molecule has 1 aromatic rings. The van der Waals surface area contributed by atoms with Gasteiger partial charge in [-0.1, -0.05) is 23.4 Å². The number of aromatic nitrogens is 2. The molecule has 3 aliphatic rings. The van der Waals surface area contributed by atoms with E-state index in [-0.39, 0.29) is 6.10 Å². The second-order valence-corrected chi connectivity index (χ2v) is 9.24. The number of benzene rings is 1. The Morgan fingerprint density at radius 1 is 1.21 bits per heavy atom. The molecule has 0 aromatic heterocycles. The number of aliphatic hydroxyl groups excluding tert-OH is 2. The van der Waals surface area contributed by atoms with Gasteiger partial charge in [-0.3, -0.25) is 5.32 Å². The number of halogens is 1. The number of nitrogens with zero attached hydrogens (tertiary/aromatic N) is 2. The van der Waals surface area contributed by atoms with Gasteiger partial charge in [-0.2, -0.15) is 0 Å². The zero-order chi connectivity index (χ0) is 20.4. The average Bonchev–Trinajstić information content (AvgIpc) is 3.09. The number of aliphatic hydroxyl groups is 2. The van der Waals surface area contributed by atoms with Gasteiger partial charge in [0.25, 0.3) is 0 Å². The molecule has 1 saturated carbocycles. The van der Waals surface area contributed by atoms with Gasteiger partial charge in [0.1, 0.15) is 17.7 Å². The van der Waals surface area contributed by atoms with Gasteiger partial charge >= 0.3 is 0 Å². The molecule has 2 aliphatic heterocycles. The molecule has 0 bridgehead atoms. The van der Waals surface area contributed by atoms with Crippen LogP contribution >= 0.6 is 23.4 Å². The molecule has 29 heavy (non-hydrogen) atoms. The van der Waals surface area contributed by atoms with Crippen molar-refractivity contribution in [3.63, 3.8) is 0 Å². The van der Waals surface area contributed by atoms with Crippen LogP contribution in [0.4, 0.5) is 0 Å². The standard InChI is InChI=1S/C22H26ClN3O2S/c1-26-12-2-3-18-20(29-17-10-6-15(23)7-11-17)19(25-21(18)26)22(28)24-13-14-4-8-16(27)9-5-14/h2-3,6-7,10-12,14,16,22,24,27-28H,4-5,8-9,13H2,1H3. The van der Waals surface area contributed by atoms with E-state index < -0.39 is 6.23 Å². The van der Waals surface area contributed by atoms with E-state index in [1.807, 2.05) is 54.2 Å². The molecule has 3 N–H and O–H groups in total. The maximum absolute atomic E-state index is 10.9. The minimum Gasteiger partial charge on any atom is -0.393 e. The highest BCUT2D eigenvalue weighted by Crippen LogP contribution is 2.42. The molecule has 2 heterocycles. The molecule has 5 nitrogen and oxygen atoms in total. The van der Waals surface area contributed by atoms with Crippen molar-refractivity contribution in [1.82, 2.24) is 14.9 Å². The van der Waals surface area contributed by atoms with Crippen molar-refractivity contribution in [3.8, 4) is 11.4 Å². The van der Waals surface area contributed by atoms with Crippen molar-refractivity contribution in [3.05, 3.63) is 53.3 Å². The van der Waals surface area contributed by atoms with Crippen molar-refractivity contribution in [2.45, 2.75) is 47.8 Å². The first-order valence-corrected chi connectivity index (χ1v) is 11.2. The Kier molecular flexibility index (Phi) is 6.47. The van der Waals surface area contributed by atoms with Crippen LogP contribution in [0.3, 0.4) is 0 Å². The number of hydrogen-bond acceptors (Lipinski definition) is 5. The zero-order valence-corrected chi connectivity index (χ0v) is 18.0. The third-order valence-corrected chi connectivity index (χ3v) is 6.95. The van der Waals surface area contributed by atoms with Gasteiger partial charge in [-0.05, 0) is 68.0 Å². The smallest absolute Gasteiger partial charge is 0.149 e. The Balaban J connectivity index is 1.57. The average molecular weight is 432 g/mol. The van der Waals surface area contributed by atoms with E-state index in [9.17, 15) is 10.2 Å². The molecule has 1 fully saturated rings. The summed E-state index contributed by atoms with van der Waals surface area (Å²) < 4.78 is 1.97. The minimum absolute atomic E-state index is 0.166. The van der Waals surface area contributed by atoms with E-state index in [0.29, 0.717) is 23.2 Å². The Labute approximate surface area is 180 Å². The van der Waals surface area contributed by atoms with Crippen molar-refractivity contribution in [2.75, 3.05) is 6.54 Å². The SMILES string of the molecule is Cn1cccc2c(Sc3ccc(Cl)cc3)c(C(O)NCC3CCC(O)CC3)nc1-2. The molecule has 4 rings (SSSR count). The van der Waals surface area contributed by atoms with Crippen LogP contribution in [0.2, 0.25) is 5.02 Å². The number of pyridine rings is 1. The van der Waals surface area contributed by atoms with Gasteiger partial charge < -0.3 is 14.8 Å². The fourth-order valence-corrected chi connectivity index (χ4v) is 5.02. The number of nitrogens with one attached hydrogen (secondary N) is 1. The van der Waals surface area contributed by atoms with E-state index in [0.717, 1.165) is 46.9 Å². The first-order chi connectivity index (χ1) is 14.0. The molecule has 154 valence electrons. The predicted molar refractivity (Wildman–Crippen MR) is 116 cm³/mol. The zero-order valence-electron chi connectivity index (χ0n) is 16.4. The van der Waals surface area contributed by atoms with Crippen LogP contribution in [-0.2, 0) is 7.05 Å². The lowest BCUT2D eigenvalue weighted by Crippen LogP contribution is -2.31. The van der Waals surface area contributed by atoms with Crippen molar-refractivity contribution in [1.29, 1.82) is 0 Å². The van der Waals surface area contributed by atoms with Crippen LogP contribution in [0.15, 0.2) is 52.4 Å². The molecule has 1 aliphatic carbocycles. The molecule has 7 heteroatoms. The number of fused-ring (bicyclic) bond motifs is 1. The topological polar surface area (TPSA) is 70.3 Å². The molecule has 0 radical (unpaired) electrons. The third-order valence-electron chi connectivity index (χ3n) is 5.56. The fourth-order valence-electron chi connectivity index (χ4n) is 3.86. The largest absolute Gasteiger partial charge is 0.393 e. The Bertz CT molecular complexity index is 922. The summed E-state index contributed by atoms with van der Waals surface area (Å²) in [5.74, 6) is 1.32. The molecule has 0 saturated heterocycles. The van der Waals surface area contributed by atoms with Crippen LogP contribution in [-0.4, -0.2) is 32.4 Å². The van der Waals surface area contributed by atoms with Crippen LogP contribution in [0.1, 0.15) is 37.6 Å². The van der Waals surface area contributed by atoms with Crippen LogP contribution in [0, 0.1) is 5.92 Å². The third kappa shape index (κ3) is 4.78. The van der Waals surface area contributed by atoms with Crippen molar-refractivity contribution >= 4 is 23.4 Å². The maximum atomic E-state index is 10.9. The predicted octanol–water partition coefficient (Wildman–Crippen LogP) is 4.46. The van der Waals surface area contributed by atoms with Crippen LogP contribution in [0.25, 0.3) is 11.4 Å². The van der Waals surface area contributed by atoms with Gasteiger partial charge in [-0.25, -0.2) is 4.98 Å². The van der Waals surface area contributed by atoms with Gasteiger partial charge in [-0.15, -0.1) is 0 Å². The van der Waals surface area contributed by atoms with Gasteiger partial charge in [0.2, 0.25) is 0 Å². The van der Waals surface area contributed by atoms with Gasteiger partial charge in [0.15, 0.2) is 0 Å². The number of rotatable bonds is 6. The summed E-state index contributed by atoms with van der Waals surface area (Å²) in [5.41, 5.74) is 1.67. The van der Waals surface area contributed by atoms with E-state index in [1.165, 1.54) is 0 Å². The fraction of sp³-hybridized carbons (Fsp3) is 0.409. The molecule has 1 unspecified atom stereocenters. The highest BCUT2D eigenvalue weighted by molar-refractivity contribution is 7.99. The van der Waals surface area contributed by atoms with Crippen molar-refractivity contribution in [2.24, 2.45) is 13.0 Å². The van der Waals surface area contributed by atoms with Crippen molar-refractivity contribution < 1.29 is 10.2 Å². The second kappa shape index (κ2) is 9.06. The monoisotopic (exact) mass is 431 g/mol. The lowest BCUT2D eigenvalue weighted by atomic mass is 9.87. The summed E-state index contributed by atoms with van der Waals surface area (Å²) in [6.45, 7) is 0.717. The maximum Gasteiger partial charge on any atom is 0.149 e. The lowest BCUT2D eigenvalue weighted by Gasteiger charge is -2.26. The Hall–Kier alpha value is -1.57. The van der Waals surface area contributed by atoms with Crippen LogP contribution in [0.5, 0.6) is 0 Å². The molecular formula is C22H26ClN3O2S. The van der Waals surface area contributed by atoms with E-state index >= 15 is 0 Å². The van der Waals surface area contributed by atoms with E-state index in [4.69, 9.17) is 16.6 Å². The van der Waals surface area contributed by atoms with Gasteiger partial charge in [0, 0.05) is 40.2 Å². The van der Waals surface area contributed by atoms with Gasteiger partial charge in [0.05, 0.1) is 6.10 Å². The summed E-state index contributed by atoms with van der Waals surface area (Å²) in [6.07, 6.45) is 4.60. The normalized spacial score (nSPS) is 20.8. The second-order valence-electron chi connectivity index (χ2n) is 7.72. The number of hydrogen-bond donors (Lipinski definition) is 3. The minimum atomic E-state index is -0.843. The number of aryl methyl sites for hydroxylation is 1.